The molecule has 0 radical (unpaired) electrons. The van der Waals surface area contributed by atoms with Crippen molar-refractivity contribution < 1.29 is 19.4 Å². The lowest BCUT2D eigenvalue weighted by Crippen LogP contribution is -2.28. The van der Waals surface area contributed by atoms with Crippen molar-refractivity contribution in [3.63, 3.8) is 0 Å². The van der Waals surface area contributed by atoms with Crippen LogP contribution >= 0.6 is 22.9 Å². The van der Waals surface area contributed by atoms with Crippen LogP contribution in [0.2, 0.25) is 5.02 Å². The summed E-state index contributed by atoms with van der Waals surface area (Å²) in [4.78, 5) is 28.3. The third-order valence-electron chi connectivity index (χ3n) is 5.00. The average molecular weight is 440 g/mol. The predicted molar refractivity (Wildman–Crippen MR) is 117 cm³/mol. The first-order valence-electron chi connectivity index (χ1n) is 9.20. The molecule has 4 rings (SSSR count). The quantitative estimate of drug-likeness (QED) is 0.344. The van der Waals surface area contributed by atoms with Crippen LogP contribution in [0.1, 0.15) is 22.0 Å². The number of benzene rings is 2. The van der Waals surface area contributed by atoms with Gasteiger partial charge < -0.3 is 14.7 Å². The summed E-state index contributed by atoms with van der Waals surface area (Å²) in [6, 6.07) is 16.7. The van der Waals surface area contributed by atoms with Crippen molar-refractivity contribution in [2.24, 2.45) is 0 Å². The Hall–Kier alpha value is -3.09. The molecule has 1 N–H and O–H groups in total. The third-order valence-corrected chi connectivity index (χ3v) is 6.11. The first-order chi connectivity index (χ1) is 14.5. The Labute approximate surface area is 182 Å². The number of amides is 1. The van der Waals surface area contributed by atoms with Gasteiger partial charge in [0, 0.05) is 15.5 Å². The van der Waals surface area contributed by atoms with Gasteiger partial charge in [-0.05, 0) is 53.4 Å². The van der Waals surface area contributed by atoms with Crippen molar-refractivity contribution in [3.05, 3.63) is 92.6 Å². The lowest BCUT2D eigenvalue weighted by atomic mass is 9.95. The smallest absolute Gasteiger partial charge is 0.295 e. The van der Waals surface area contributed by atoms with E-state index in [-0.39, 0.29) is 17.9 Å². The molecule has 5 nitrogen and oxygen atoms in total. The van der Waals surface area contributed by atoms with Crippen LogP contribution < -0.4 is 4.74 Å². The molecular weight excluding hydrogens is 422 g/mol. The highest BCUT2D eigenvalue weighted by Gasteiger charge is 2.46. The number of halogens is 1. The summed E-state index contributed by atoms with van der Waals surface area (Å²) >= 11 is 7.45. The van der Waals surface area contributed by atoms with E-state index in [1.165, 1.54) is 16.2 Å². The number of likely N-dealkylation sites (tertiary alicyclic amines) is 1. The van der Waals surface area contributed by atoms with Crippen molar-refractivity contribution in [2.45, 2.75) is 12.6 Å². The maximum absolute atomic E-state index is 13.0. The van der Waals surface area contributed by atoms with Crippen LogP contribution in [0.25, 0.3) is 5.76 Å². The van der Waals surface area contributed by atoms with Crippen LogP contribution in [0.4, 0.5) is 0 Å². The van der Waals surface area contributed by atoms with Gasteiger partial charge in [-0.3, -0.25) is 9.59 Å². The van der Waals surface area contributed by atoms with Gasteiger partial charge in [-0.25, -0.2) is 0 Å². The first kappa shape index (κ1) is 20.2. The molecule has 0 spiro atoms. The Balaban J connectivity index is 1.85. The van der Waals surface area contributed by atoms with Gasteiger partial charge in [0.05, 0.1) is 25.3 Å². The first-order valence-corrected chi connectivity index (χ1v) is 10.5. The Morgan fingerprint density at radius 1 is 1.10 bits per heavy atom. The summed E-state index contributed by atoms with van der Waals surface area (Å²) in [6.07, 6.45) is 0. The molecule has 152 valence electrons. The summed E-state index contributed by atoms with van der Waals surface area (Å²) < 4.78 is 5.22. The number of aliphatic hydroxyl groups is 1. The minimum Gasteiger partial charge on any atom is -0.507 e. The number of rotatable bonds is 5. The number of Topliss-reactive ketones (excluding diaryl/α,β-unsaturated/α-hetero) is 1. The second-order valence-electron chi connectivity index (χ2n) is 6.79. The van der Waals surface area contributed by atoms with Crippen LogP contribution in [0.15, 0.2) is 71.6 Å². The molecule has 1 amide bonds. The monoisotopic (exact) mass is 439 g/mol. The van der Waals surface area contributed by atoms with Crippen molar-refractivity contribution in [1.29, 1.82) is 0 Å². The molecule has 1 aliphatic rings. The fourth-order valence-corrected chi connectivity index (χ4v) is 4.34. The number of carbonyl (C=O) groups excluding carboxylic acids is 2. The zero-order valence-corrected chi connectivity index (χ0v) is 17.6. The van der Waals surface area contributed by atoms with Gasteiger partial charge in [-0.15, -0.1) is 11.3 Å². The lowest BCUT2D eigenvalue weighted by molar-refractivity contribution is -0.140. The van der Waals surface area contributed by atoms with Crippen LogP contribution in [0.5, 0.6) is 5.75 Å². The predicted octanol–water partition coefficient (Wildman–Crippen LogP) is 5.03. The topological polar surface area (TPSA) is 66.8 Å². The zero-order chi connectivity index (χ0) is 21.3. The van der Waals surface area contributed by atoms with E-state index < -0.39 is 17.7 Å². The summed E-state index contributed by atoms with van der Waals surface area (Å²) in [5, 5.41) is 13.4. The van der Waals surface area contributed by atoms with Gasteiger partial charge in [0.2, 0.25) is 0 Å². The molecule has 1 aromatic heterocycles. The maximum atomic E-state index is 13.0. The minimum absolute atomic E-state index is 0.0593. The van der Waals surface area contributed by atoms with Crippen molar-refractivity contribution in [3.8, 4) is 5.75 Å². The standard InChI is InChI=1S/C23H18ClNO4S/c1-29-17-10-6-14(7-11-17)20-19(21(26)15-4-8-16(24)9-5-15)22(27)23(28)25(20)13-18-3-2-12-30-18/h2-12,20,26H,13H2,1H3/b21-19-. The van der Waals surface area contributed by atoms with Gasteiger partial charge in [0.25, 0.3) is 11.7 Å². The van der Waals surface area contributed by atoms with Crippen molar-refractivity contribution >= 4 is 40.4 Å². The fraction of sp³-hybridized carbons (Fsp3) is 0.130. The van der Waals surface area contributed by atoms with Crippen LogP contribution in [-0.4, -0.2) is 28.8 Å². The Morgan fingerprint density at radius 3 is 2.40 bits per heavy atom. The largest absolute Gasteiger partial charge is 0.507 e. The highest BCUT2D eigenvalue weighted by atomic mass is 35.5. The molecule has 30 heavy (non-hydrogen) atoms. The number of thiophene rings is 1. The number of ketones is 1. The van der Waals surface area contributed by atoms with E-state index in [4.69, 9.17) is 16.3 Å². The maximum Gasteiger partial charge on any atom is 0.295 e. The molecule has 1 fully saturated rings. The molecule has 0 aliphatic carbocycles. The van der Waals surface area contributed by atoms with E-state index in [1.54, 1.807) is 55.6 Å². The molecule has 0 bridgehead atoms. The second kappa shape index (κ2) is 8.34. The number of hydrogen-bond acceptors (Lipinski definition) is 5. The van der Waals surface area contributed by atoms with Crippen molar-refractivity contribution in [2.75, 3.05) is 7.11 Å². The molecule has 7 heteroatoms. The molecule has 1 atom stereocenters. The number of methoxy groups -OCH3 is 1. The van der Waals surface area contributed by atoms with E-state index in [0.717, 1.165) is 4.88 Å². The normalized spacial score (nSPS) is 18.1. The van der Waals surface area contributed by atoms with Gasteiger partial charge in [-0.1, -0.05) is 29.8 Å². The molecule has 2 aromatic carbocycles. The minimum atomic E-state index is -0.714. The summed E-state index contributed by atoms with van der Waals surface area (Å²) in [5.41, 5.74) is 1.19. The Morgan fingerprint density at radius 2 is 1.80 bits per heavy atom. The van der Waals surface area contributed by atoms with Gasteiger partial charge >= 0.3 is 0 Å². The van der Waals surface area contributed by atoms with E-state index in [0.29, 0.717) is 21.9 Å². The number of nitrogens with zero attached hydrogens (tertiary/aromatic N) is 1. The zero-order valence-electron chi connectivity index (χ0n) is 16.0. The molecule has 0 saturated carbocycles. The average Bonchev–Trinajstić information content (AvgIpc) is 3.36. The number of ether oxygens (including phenoxy) is 1. The number of aliphatic hydroxyl groups excluding tert-OH is 1. The molecule has 2 heterocycles. The fourth-order valence-electron chi connectivity index (χ4n) is 3.51. The van der Waals surface area contributed by atoms with E-state index in [1.807, 2.05) is 17.5 Å². The summed E-state index contributed by atoms with van der Waals surface area (Å²) in [6.45, 7) is 0.274. The van der Waals surface area contributed by atoms with E-state index in [9.17, 15) is 14.7 Å². The number of carbonyl (C=O) groups is 2. The molecular formula is C23H18ClNO4S. The Bertz CT molecular complexity index is 1110. The highest BCUT2D eigenvalue weighted by Crippen LogP contribution is 2.41. The molecule has 1 unspecified atom stereocenters. The van der Waals surface area contributed by atoms with E-state index >= 15 is 0 Å². The van der Waals surface area contributed by atoms with E-state index in [2.05, 4.69) is 0 Å². The Kier molecular flexibility index (Phi) is 5.61. The SMILES string of the molecule is COc1ccc(C2/C(=C(/O)c3ccc(Cl)cc3)C(=O)C(=O)N2Cc2cccs2)cc1. The van der Waals surface area contributed by atoms with Crippen LogP contribution in [0, 0.1) is 0 Å². The second-order valence-corrected chi connectivity index (χ2v) is 8.26. The van der Waals surface area contributed by atoms with Crippen LogP contribution in [0.3, 0.4) is 0 Å². The molecule has 3 aromatic rings. The summed E-state index contributed by atoms with van der Waals surface area (Å²) in [5.74, 6) is -0.911. The highest BCUT2D eigenvalue weighted by molar-refractivity contribution is 7.09. The van der Waals surface area contributed by atoms with Crippen LogP contribution in [-0.2, 0) is 16.1 Å². The van der Waals surface area contributed by atoms with Gasteiger partial charge in [0.15, 0.2) is 0 Å². The summed E-state index contributed by atoms with van der Waals surface area (Å²) in [7, 11) is 1.57. The molecule has 1 aliphatic heterocycles. The van der Waals surface area contributed by atoms with Crippen molar-refractivity contribution in [1.82, 2.24) is 4.90 Å². The number of hydrogen-bond donors (Lipinski definition) is 1. The van der Waals surface area contributed by atoms with Gasteiger partial charge in [-0.2, -0.15) is 0 Å². The molecule has 1 saturated heterocycles. The third kappa shape index (κ3) is 3.72. The lowest BCUT2D eigenvalue weighted by Gasteiger charge is -2.25. The van der Waals surface area contributed by atoms with Gasteiger partial charge in [0.1, 0.15) is 11.5 Å².